The van der Waals surface area contributed by atoms with E-state index >= 15 is 0 Å². The minimum Gasteiger partial charge on any atom is -0.307 e. The largest absolute Gasteiger partial charge is 0.307 e. The van der Waals surface area contributed by atoms with Crippen LogP contribution < -0.4 is 5.32 Å². The molecule has 100 valence electrons. The fraction of sp³-hybridized carbons (Fsp3) is 0.429. The predicted molar refractivity (Wildman–Crippen MR) is 75.4 cm³/mol. The highest BCUT2D eigenvalue weighted by atomic mass is 32.2. The first-order valence-corrected chi connectivity index (χ1v) is 8.04. The highest BCUT2D eigenvalue weighted by Crippen LogP contribution is 2.23. The summed E-state index contributed by atoms with van der Waals surface area (Å²) in [5.41, 5.74) is 0.770. The summed E-state index contributed by atoms with van der Waals surface area (Å²) < 4.78 is 23.5. The summed E-state index contributed by atoms with van der Waals surface area (Å²) in [6, 6.07) is 6.95. The zero-order valence-electron chi connectivity index (χ0n) is 11.0. The summed E-state index contributed by atoms with van der Waals surface area (Å²) in [6.45, 7) is 6.75. The number of benzene rings is 1. The molecule has 0 aromatic heterocycles. The topological polar surface area (TPSA) is 46.2 Å². The molecule has 0 spiro atoms. The van der Waals surface area contributed by atoms with Gasteiger partial charge in [-0.3, -0.25) is 0 Å². The molecular formula is C14H21NO2S. The molecule has 1 N–H and O–H groups in total. The van der Waals surface area contributed by atoms with Crippen LogP contribution in [0, 0.1) is 0 Å². The second kappa shape index (κ2) is 6.71. The van der Waals surface area contributed by atoms with E-state index in [9.17, 15) is 8.42 Å². The number of hydrogen-bond donors (Lipinski definition) is 1. The lowest BCUT2D eigenvalue weighted by Crippen LogP contribution is -2.22. The lowest BCUT2D eigenvalue weighted by molar-refractivity contribution is 0.576. The molecule has 0 bridgehead atoms. The van der Waals surface area contributed by atoms with Crippen LogP contribution in [-0.4, -0.2) is 21.2 Å². The third kappa shape index (κ3) is 3.96. The zero-order valence-corrected chi connectivity index (χ0v) is 11.8. The molecule has 0 saturated heterocycles. The van der Waals surface area contributed by atoms with Gasteiger partial charge in [-0.2, -0.15) is 0 Å². The first kappa shape index (κ1) is 14.9. The molecule has 18 heavy (non-hydrogen) atoms. The molecule has 0 radical (unpaired) electrons. The van der Waals surface area contributed by atoms with E-state index < -0.39 is 9.84 Å². The van der Waals surface area contributed by atoms with Gasteiger partial charge in [0.25, 0.3) is 0 Å². The van der Waals surface area contributed by atoms with Crippen LogP contribution in [0.4, 0.5) is 0 Å². The van der Waals surface area contributed by atoms with Gasteiger partial charge in [-0.1, -0.05) is 37.6 Å². The average molecular weight is 267 g/mol. The van der Waals surface area contributed by atoms with Crippen LogP contribution in [0.3, 0.4) is 0 Å². The molecule has 3 nitrogen and oxygen atoms in total. The first-order chi connectivity index (χ1) is 8.50. The molecule has 0 amide bonds. The molecule has 1 atom stereocenters. The molecule has 0 saturated carbocycles. The van der Waals surface area contributed by atoms with Crippen LogP contribution in [0.2, 0.25) is 0 Å². The van der Waals surface area contributed by atoms with Gasteiger partial charge >= 0.3 is 0 Å². The summed E-state index contributed by atoms with van der Waals surface area (Å²) >= 11 is 0. The van der Waals surface area contributed by atoms with Gasteiger partial charge in [0, 0.05) is 6.26 Å². The van der Waals surface area contributed by atoms with E-state index in [0.717, 1.165) is 24.9 Å². The second-order valence-corrected chi connectivity index (χ2v) is 6.32. The van der Waals surface area contributed by atoms with Gasteiger partial charge in [-0.25, -0.2) is 8.42 Å². The Kier molecular flexibility index (Phi) is 5.56. The molecule has 0 aliphatic heterocycles. The summed E-state index contributed by atoms with van der Waals surface area (Å²) in [4.78, 5) is 0.374. The molecular weight excluding hydrogens is 246 g/mol. The van der Waals surface area contributed by atoms with Gasteiger partial charge in [0.05, 0.1) is 10.9 Å². The lowest BCUT2D eigenvalue weighted by Gasteiger charge is -2.17. The average Bonchev–Trinajstić information content (AvgIpc) is 2.34. The number of sulfone groups is 1. The van der Waals surface area contributed by atoms with Crippen molar-refractivity contribution >= 4 is 9.84 Å². The van der Waals surface area contributed by atoms with Gasteiger partial charge in [0.2, 0.25) is 0 Å². The summed E-state index contributed by atoms with van der Waals surface area (Å²) in [5.74, 6) is 0. The summed E-state index contributed by atoms with van der Waals surface area (Å²) in [6.07, 6.45) is 5.15. The van der Waals surface area contributed by atoms with Crippen molar-refractivity contribution in [2.75, 3.05) is 12.8 Å². The Labute approximate surface area is 110 Å². The number of nitrogens with one attached hydrogen (secondary N) is 1. The van der Waals surface area contributed by atoms with E-state index in [1.807, 2.05) is 12.1 Å². The third-order valence-electron chi connectivity index (χ3n) is 2.78. The van der Waals surface area contributed by atoms with Crippen molar-refractivity contribution in [2.45, 2.75) is 30.7 Å². The smallest absolute Gasteiger partial charge is 0.175 e. The van der Waals surface area contributed by atoms with Crippen LogP contribution in [-0.2, 0) is 9.84 Å². The summed E-state index contributed by atoms with van der Waals surface area (Å²) in [7, 11) is -3.21. The van der Waals surface area contributed by atoms with Gasteiger partial charge in [-0.15, -0.1) is 6.58 Å². The Balaban J connectivity index is 3.02. The Morgan fingerprint density at radius 2 is 2.06 bits per heavy atom. The zero-order chi connectivity index (χ0) is 13.6. The van der Waals surface area contributed by atoms with Crippen molar-refractivity contribution in [3.05, 3.63) is 42.5 Å². The Hall–Kier alpha value is -1.13. The van der Waals surface area contributed by atoms with Crippen LogP contribution in [0.5, 0.6) is 0 Å². The van der Waals surface area contributed by atoms with Crippen molar-refractivity contribution in [1.82, 2.24) is 5.32 Å². The van der Waals surface area contributed by atoms with E-state index in [0.29, 0.717) is 4.90 Å². The molecule has 1 aromatic carbocycles. The van der Waals surface area contributed by atoms with Crippen LogP contribution in [0.15, 0.2) is 41.8 Å². The number of hydrogen-bond acceptors (Lipinski definition) is 3. The van der Waals surface area contributed by atoms with E-state index in [4.69, 9.17) is 0 Å². The molecule has 0 fully saturated rings. The molecule has 1 aromatic rings. The van der Waals surface area contributed by atoms with Crippen molar-refractivity contribution < 1.29 is 8.42 Å². The maximum atomic E-state index is 11.7. The highest BCUT2D eigenvalue weighted by molar-refractivity contribution is 7.90. The molecule has 0 heterocycles. The SMILES string of the molecule is C=C[C@@H](NCCCC)c1ccccc1S(C)(=O)=O. The maximum Gasteiger partial charge on any atom is 0.175 e. The molecule has 0 aliphatic carbocycles. The Morgan fingerprint density at radius 3 is 2.61 bits per heavy atom. The van der Waals surface area contributed by atoms with Crippen molar-refractivity contribution in [2.24, 2.45) is 0 Å². The normalized spacial score (nSPS) is 13.2. The number of rotatable bonds is 7. The number of unbranched alkanes of at least 4 members (excludes halogenated alkanes) is 1. The summed E-state index contributed by atoms with van der Waals surface area (Å²) in [5, 5.41) is 3.32. The first-order valence-electron chi connectivity index (χ1n) is 6.15. The lowest BCUT2D eigenvalue weighted by atomic mass is 10.1. The molecule has 1 rings (SSSR count). The van der Waals surface area contributed by atoms with Gasteiger partial charge in [0.15, 0.2) is 9.84 Å². The van der Waals surface area contributed by atoms with E-state index in [1.54, 1.807) is 18.2 Å². The fourth-order valence-electron chi connectivity index (χ4n) is 1.83. The molecule has 4 heteroatoms. The van der Waals surface area contributed by atoms with E-state index in [2.05, 4.69) is 18.8 Å². The molecule has 0 unspecified atom stereocenters. The van der Waals surface area contributed by atoms with Crippen LogP contribution in [0.1, 0.15) is 31.4 Å². The van der Waals surface area contributed by atoms with Gasteiger partial charge in [0.1, 0.15) is 0 Å². The standard InChI is InChI=1S/C14H21NO2S/c1-4-6-11-15-13(5-2)12-9-7-8-10-14(12)18(3,16)17/h5,7-10,13,15H,2,4,6,11H2,1,3H3/t13-/m1/s1. The fourth-order valence-corrected chi connectivity index (χ4v) is 2.78. The maximum absolute atomic E-state index is 11.7. The van der Waals surface area contributed by atoms with Crippen molar-refractivity contribution in [3.8, 4) is 0 Å². The predicted octanol–water partition coefficient (Wildman–Crippen LogP) is 2.71. The van der Waals surface area contributed by atoms with Crippen molar-refractivity contribution in [1.29, 1.82) is 0 Å². The monoisotopic (exact) mass is 267 g/mol. The highest BCUT2D eigenvalue weighted by Gasteiger charge is 2.17. The minimum absolute atomic E-state index is 0.123. The van der Waals surface area contributed by atoms with Gasteiger partial charge < -0.3 is 5.32 Å². The Bertz CT molecular complexity index is 494. The van der Waals surface area contributed by atoms with E-state index in [-0.39, 0.29) is 6.04 Å². The molecule has 0 aliphatic rings. The second-order valence-electron chi connectivity index (χ2n) is 4.33. The van der Waals surface area contributed by atoms with Crippen LogP contribution in [0.25, 0.3) is 0 Å². The van der Waals surface area contributed by atoms with Crippen molar-refractivity contribution in [3.63, 3.8) is 0 Å². The Morgan fingerprint density at radius 1 is 1.39 bits per heavy atom. The van der Waals surface area contributed by atoms with Gasteiger partial charge in [-0.05, 0) is 24.6 Å². The third-order valence-corrected chi connectivity index (χ3v) is 3.95. The van der Waals surface area contributed by atoms with E-state index in [1.165, 1.54) is 6.26 Å². The van der Waals surface area contributed by atoms with Crippen LogP contribution >= 0.6 is 0 Å². The minimum atomic E-state index is -3.21. The quantitative estimate of drug-likeness (QED) is 0.610.